The number of ether oxygens (including phenoxy) is 1. The van der Waals surface area contributed by atoms with Crippen LogP contribution in [0.2, 0.25) is 0 Å². The zero-order chi connectivity index (χ0) is 15.1. The van der Waals surface area contributed by atoms with Crippen molar-refractivity contribution in [3.63, 3.8) is 0 Å². The molecule has 20 heavy (non-hydrogen) atoms. The molecule has 6 unspecified atom stereocenters. The average molecular weight is 302 g/mol. The van der Waals surface area contributed by atoms with Crippen molar-refractivity contribution in [3.8, 4) is 0 Å². The lowest BCUT2D eigenvalue weighted by Crippen LogP contribution is -2.37. The molecule has 0 spiro atoms. The molecule has 0 bridgehead atoms. The third-order valence-electron chi connectivity index (χ3n) is 5.20. The summed E-state index contributed by atoms with van der Waals surface area (Å²) < 4.78 is 29.2. The predicted molar refractivity (Wildman–Crippen MR) is 78.3 cm³/mol. The van der Waals surface area contributed by atoms with E-state index in [1.165, 1.54) is 6.26 Å². The summed E-state index contributed by atoms with van der Waals surface area (Å²) in [5, 5.41) is -0.337. The number of carbonyl (C=O) groups excluding carboxylic acids is 1. The molecule has 0 aromatic carbocycles. The molecule has 0 N–H and O–H groups in total. The van der Waals surface area contributed by atoms with Crippen molar-refractivity contribution in [1.29, 1.82) is 0 Å². The molecule has 0 aromatic rings. The summed E-state index contributed by atoms with van der Waals surface area (Å²) in [5.41, 5.74) is 0. The van der Waals surface area contributed by atoms with E-state index in [1.807, 2.05) is 13.8 Å². The summed E-state index contributed by atoms with van der Waals surface area (Å²) in [5.74, 6) is 0.263. The Morgan fingerprint density at radius 2 is 1.75 bits per heavy atom. The molecule has 0 amide bonds. The van der Waals surface area contributed by atoms with Gasteiger partial charge < -0.3 is 4.74 Å². The van der Waals surface area contributed by atoms with Crippen molar-refractivity contribution in [1.82, 2.24) is 0 Å². The molecule has 116 valence electrons. The minimum atomic E-state index is -3.04. The average Bonchev–Trinajstić information content (AvgIpc) is 2.62. The van der Waals surface area contributed by atoms with E-state index in [0.29, 0.717) is 12.8 Å². The first kappa shape index (κ1) is 16.0. The van der Waals surface area contributed by atoms with Crippen LogP contribution in [-0.4, -0.2) is 37.9 Å². The Balaban J connectivity index is 2.09. The highest BCUT2D eigenvalue weighted by molar-refractivity contribution is 7.91. The second kappa shape index (κ2) is 5.76. The Hall–Kier alpha value is -0.420. The molecule has 1 aliphatic carbocycles. The number of sulfone groups is 1. The number of carbonyl (C=O) groups is 1. The first-order valence-corrected chi connectivity index (χ1v) is 9.55. The highest BCUT2D eigenvalue weighted by atomic mass is 32.2. The van der Waals surface area contributed by atoms with Crippen molar-refractivity contribution in [2.75, 3.05) is 6.26 Å². The monoisotopic (exact) mass is 302 g/mol. The molecular weight excluding hydrogens is 276 g/mol. The molecule has 5 heteroatoms. The van der Waals surface area contributed by atoms with Gasteiger partial charge in [-0.05, 0) is 39.0 Å². The number of Topliss-reactive ketones (excluding diaryl/α,β-unsaturated/α-hetero) is 1. The lowest BCUT2D eigenvalue weighted by molar-refractivity contribution is -0.130. The lowest BCUT2D eigenvalue weighted by atomic mass is 9.76. The van der Waals surface area contributed by atoms with Gasteiger partial charge in [0.05, 0.1) is 17.5 Å². The number of ketones is 1. The van der Waals surface area contributed by atoms with Crippen LogP contribution in [-0.2, 0) is 19.4 Å². The molecule has 6 atom stereocenters. The molecule has 2 fully saturated rings. The quantitative estimate of drug-likeness (QED) is 0.802. The predicted octanol–water partition coefficient (Wildman–Crippen LogP) is 2.22. The normalized spacial score (nSPS) is 42.6. The maximum atomic E-state index is 12.8. The summed E-state index contributed by atoms with van der Waals surface area (Å²) in [6, 6.07) is 0. The molecule has 1 heterocycles. The molecule has 1 saturated carbocycles. The maximum absolute atomic E-state index is 12.8. The van der Waals surface area contributed by atoms with Crippen LogP contribution in [0.3, 0.4) is 0 Å². The van der Waals surface area contributed by atoms with Crippen molar-refractivity contribution in [3.05, 3.63) is 0 Å². The molecule has 0 aromatic heterocycles. The van der Waals surface area contributed by atoms with Gasteiger partial charge in [0.1, 0.15) is 15.6 Å². The molecule has 2 aliphatic rings. The first-order valence-electron chi connectivity index (χ1n) is 7.60. The largest absolute Gasteiger partial charge is 0.375 e. The zero-order valence-corrected chi connectivity index (χ0v) is 13.7. The fraction of sp³-hybridized carbons (Fsp3) is 0.933. The fourth-order valence-electron chi connectivity index (χ4n) is 3.82. The highest BCUT2D eigenvalue weighted by Gasteiger charge is 2.45. The maximum Gasteiger partial charge on any atom is 0.150 e. The third-order valence-corrected chi connectivity index (χ3v) is 6.84. The third kappa shape index (κ3) is 3.08. The van der Waals surface area contributed by atoms with Gasteiger partial charge in [-0.2, -0.15) is 0 Å². The lowest BCUT2D eigenvalue weighted by Gasteiger charge is -2.30. The zero-order valence-electron chi connectivity index (χ0n) is 12.8. The van der Waals surface area contributed by atoms with Crippen LogP contribution in [0.25, 0.3) is 0 Å². The van der Waals surface area contributed by atoms with E-state index in [0.717, 1.165) is 12.8 Å². The van der Waals surface area contributed by atoms with Gasteiger partial charge in [-0.25, -0.2) is 8.42 Å². The van der Waals surface area contributed by atoms with Crippen LogP contribution in [0.4, 0.5) is 0 Å². The topological polar surface area (TPSA) is 60.4 Å². The summed E-state index contributed by atoms with van der Waals surface area (Å²) in [7, 11) is -3.04. The van der Waals surface area contributed by atoms with E-state index < -0.39 is 9.84 Å². The summed E-state index contributed by atoms with van der Waals surface area (Å²) in [4.78, 5) is 12.8. The standard InChI is InChI=1S/C15H26O4S/c1-9-10(2)19-11(3)14(9)15(16)12-6-5-7-13(8-12)20(4,17)18/h9-14H,5-8H2,1-4H3. The van der Waals surface area contributed by atoms with E-state index in [-0.39, 0.29) is 41.0 Å². The van der Waals surface area contributed by atoms with Gasteiger partial charge in [-0.3, -0.25) is 4.79 Å². The van der Waals surface area contributed by atoms with Gasteiger partial charge in [-0.15, -0.1) is 0 Å². The van der Waals surface area contributed by atoms with Crippen LogP contribution in [0.1, 0.15) is 46.5 Å². The van der Waals surface area contributed by atoms with E-state index in [4.69, 9.17) is 4.74 Å². The Kier molecular flexibility index (Phi) is 4.59. The van der Waals surface area contributed by atoms with Gasteiger partial charge in [-0.1, -0.05) is 13.3 Å². The van der Waals surface area contributed by atoms with Gasteiger partial charge in [0.25, 0.3) is 0 Å². The van der Waals surface area contributed by atoms with E-state index >= 15 is 0 Å². The van der Waals surface area contributed by atoms with E-state index in [1.54, 1.807) is 0 Å². The Morgan fingerprint density at radius 1 is 1.10 bits per heavy atom. The number of hydrogen-bond acceptors (Lipinski definition) is 4. The van der Waals surface area contributed by atoms with Gasteiger partial charge >= 0.3 is 0 Å². The van der Waals surface area contributed by atoms with Crippen LogP contribution >= 0.6 is 0 Å². The van der Waals surface area contributed by atoms with Gasteiger partial charge in [0.15, 0.2) is 0 Å². The SMILES string of the molecule is CC1OC(C)C(C(=O)C2CCCC(S(C)(=O)=O)C2)C1C. The van der Waals surface area contributed by atoms with Crippen molar-refractivity contribution in [2.24, 2.45) is 17.8 Å². The molecule has 0 radical (unpaired) electrons. The van der Waals surface area contributed by atoms with Crippen molar-refractivity contribution in [2.45, 2.75) is 63.9 Å². The second-order valence-corrected chi connectivity index (χ2v) is 8.97. The van der Waals surface area contributed by atoms with Gasteiger partial charge in [0, 0.05) is 18.1 Å². The molecule has 2 rings (SSSR count). The minimum Gasteiger partial charge on any atom is -0.375 e. The minimum absolute atomic E-state index is 0.0499. The molecule has 1 aliphatic heterocycles. The van der Waals surface area contributed by atoms with Crippen LogP contribution in [0.15, 0.2) is 0 Å². The van der Waals surface area contributed by atoms with Crippen LogP contribution < -0.4 is 0 Å². The smallest absolute Gasteiger partial charge is 0.150 e. The Morgan fingerprint density at radius 3 is 2.25 bits per heavy atom. The number of rotatable bonds is 3. The second-order valence-electron chi connectivity index (χ2n) is 6.65. The highest BCUT2D eigenvalue weighted by Crippen LogP contribution is 2.38. The van der Waals surface area contributed by atoms with Gasteiger partial charge in [0.2, 0.25) is 0 Å². The summed E-state index contributed by atoms with van der Waals surface area (Å²) in [6.45, 7) is 6.03. The van der Waals surface area contributed by atoms with Crippen molar-refractivity contribution < 1.29 is 17.9 Å². The van der Waals surface area contributed by atoms with E-state index in [9.17, 15) is 13.2 Å². The Labute approximate surface area is 122 Å². The van der Waals surface area contributed by atoms with E-state index in [2.05, 4.69) is 6.92 Å². The van der Waals surface area contributed by atoms with Crippen molar-refractivity contribution >= 4 is 15.6 Å². The number of hydrogen-bond donors (Lipinski definition) is 0. The summed E-state index contributed by atoms with van der Waals surface area (Å²) in [6.07, 6.45) is 4.21. The summed E-state index contributed by atoms with van der Waals surface area (Å²) >= 11 is 0. The van der Waals surface area contributed by atoms with Crippen LogP contribution in [0.5, 0.6) is 0 Å². The molecule has 4 nitrogen and oxygen atoms in total. The fourth-order valence-corrected chi connectivity index (χ4v) is 5.00. The Bertz CT molecular complexity index is 470. The molecular formula is C15H26O4S. The first-order chi connectivity index (χ1) is 9.21. The van der Waals surface area contributed by atoms with Crippen LogP contribution in [0, 0.1) is 17.8 Å². The molecule has 1 saturated heterocycles.